The molecule has 0 aromatic heterocycles. The summed E-state index contributed by atoms with van der Waals surface area (Å²) in [6.45, 7) is 4.05. The molecule has 4 rings (SSSR count). The number of methoxy groups -OCH3 is 2. The second-order valence-corrected chi connectivity index (χ2v) is 10.2. The van der Waals surface area contributed by atoms with Gasteiger partial charge in [0.15, 0.2) is 11.5 Å². The Bertz CT molecular complexity index is 1180. The minimum atomic E-state index is -5.39. The maximum absolute atomic E-state index is 13.3. The van der Waals surface area contributed by atoms with Crippen molar-refractivity contribution in [3.8, 4) is 11.5 Å². The average Bonchev–Trinajstić information content (AvgIpc) is 2.91. The Labute approximate surface area is 226 Å². The molecule has 1 N–H and O–H groups in total. The van der Waals surface area contributed by atoms with Gasteiger partial charge in [0, 0.05) is 38.3 Å². The Hall–Kier alpha value is -3.02. The Morgan fingerprint density at radius 1 is 1.05 bits per heavy atom. The maximum Gasteiger partial charge on any atom is 0.251 e. The van der Waals surface area contributed by atoms with E-state index in [0.29, 0.717) is 44.0 Å². The third kappa shape index (κ3) is 9.29. The fourth-order valence-electron chi connectivity index (χ4n) is 4.82. The number of benzene rings is 2. The van der Waals surface area contributed by atoms with Crippen molar-refractivity contribution in [2.45, 2.75) is 25.8 Å². The summed E-state index contributed by atoms with van der Waals surface area (Å²) in [4.78, 5) is 55.4. The molecule has 2 aliphatic heterocycles. The van der Waals surface area contributed by atoms with Gasteiger partial charge in [-0.3, -0.25) is 9.59 Å². The summed E-state index contributed by atoms with van der Waals surface area (Å²) >= 11 is 0. The molecule has 2 aromatic carbocycles. The van der Waals surface area contributed by atoms with E-state index in [2.05, 4.69) is 10.2 Å². The standard InChI is InChI=1S/C26H32FN3O4.H3O4P/c1-33-23-14-19-9-12-30(17-21(19)15-24(23)34-2)26(32)20-4-3-11-29(16-20)13-10-28-25(31)18-5-7-22(27)8-6-18;1-5(2,3)4/h5-8,14-15,20H,3-4,9-13,16-17H2,1-2H3,(H,28,31);(H3,1,2,3,4)/p-3/t20-;/m1./s1. The molecule has 1 atom stereocenters. The summed E-state index contributed by atoms with van der Waals surface area (Å²) < 4.78 is 32.4. The zero-order valence-corrected chi connectivity index (χ0v) is 22.8. The molecule has 0 spiro atoms. The van der Waals surface area contributed by atoms with Gasteiger partial charge in [0.25, 0.3) is 5.91 Å². The number of amides is 2. The molecule has 214 valence electrons. The van der Waals surface area contributed by atoms with Crippen molar-refractivity contribution in [2.75, 3.05) is 46.9 Å². The first-order chi connectivity index (χ1) is 18.5. The van der Waals surface area contributed by atoms with Crippen LogP contribution in [-0.2, 0) is 22.3 Å². The molecule has 2 amide bonds. The minimum absolute atomic E-state index is 0.0387. The summed E-state index contributed by atoms with van der Waals surface area (Å²) in [5, 5.41) is 2.88. The number of nitrogens with zero attached hydrogens (tertiary/aromatic N) is 2. The van der Waals surface area contributed by atoms with Gasteiger partial charge in [0.1, 0.15) is 5.82 Å². The number of hydrogen-bond acceptors (Lipinski definition) is 9. The molecule has 0 aliphatic carbocycles. The molecule has 11 nitrogen and oxygen atoms in total. The van der Waals surface area contributed by atoms with E-state index in [-0.39, 0.29) is 23.5 Å². The smallest absolute Gasteiger partial charge is 0.251 e. The Kier molecular flexibility index (Phi) is 10.8. The van der Waals surface area contributed by atoms with Crippen LogP contribution < -0.4 is 29.5 Å². The van der Waals surface area contributed by atoms with Crippen LogP contribution in [0.5, 0.6) is 11.5 Å². The number of fused-ring (bicyclic) bond motifs is 1. The summed E-state index contributed by atoms with van der Waals surface area (Å²) in [5.74, 6) is 0.974. The topological polar surface area (TPSA) is 157 Å². The Balaban J connectivity index is 0.000000771. The van der Waals surface area contributed by atoms with E-state index in [1.807, 2.05) is 17.0 Å². The number of nitrogens with one attached hydrogen (secondary N) is 1. The monoisotopic (exact) mass is 564 g/mol. The van der Waals surface area contributed by atoms with Gasteiger partial charge in [0.2, 0.25) is 5.91 Å². The van der Waals surface area contributed by atoms with Crippen molar-refractivity contribution in [3.05, 3.63) is 58.9 Å². The van der Waals surface area contributed by atoms with E-state index in [1.165, 1.54) is 29.8 Å². The first kappa shape index (κ1) is 30.5. The maximum atomic E-state index is 13.3. The Morgan fingerprint density at radius 2 is 1.67 bits per heavy atom. The molecule has 0 bridgehead atoms. The lowest BCUT2D eigenvalue weighted by atomic mass is 9.93. The summed E-state index contributed by atoms with van der Waals surface area (Å²) in [7, 11) is -2.14. The molecule has 2 heterocycles. The van der Waals surface area contributed by atoms with Crippen LogP contribution in [0.3, 0.4) is 0 Å². The molecule has 39 heavy (non-hydrogen) atoms. The molecule has 2 aromatic rings. The lowest BCUT2D eigenvalue weighted by Gasteiger charge is -2.37. The van der Waals surface area contributed by atoms with Crippen LogP contribution in [0.1, 0.15) is 34.3 Å². The largest absolute Gasteiger partial charge is 0.822 e. The van der Waals surface area contributed by atoms with Crippen LogP contribution in [-0.4, -0.2) is 68.6 Å². The minimum Gasteiger partial charge on any atom is -0.822 e. The Morgan fingerprint density at radius 3 is 2.28 bits per heavy atom. The van der Waals surface area contributed by atoms with Crippen LogP contribution in [0, 0.1) is 11.7 Å². The molecule has 0 unspecified atom stereocenters. The second kappa shape index (κ2) is 13.9. The zero-order chi connectivity index (χ0) is 28.6. The SMILES string of the molecule is COc1cc2c(cc1OC)CN(C(=O)[C@@H]1CCCN(CCNC(=O)c3ccc(F)cc3)C1)CC2.O=P([O-])([O-])[O-]. The molecule has 1 saturated heterocycles. The molecule has 13 heteroatoms. The van der Waals surface area contributed by atoms with Gasteiger partial charge in [-0.25, -0.2) is 4.39 Å². The van der Waals surface area contributed by atoms with E-state index in [9.17, 15) is 14.0 Å². The lowest BCUT2D eigenvalue weighted by Crippen LogP contribution is -2.47. The average molecular weight is 565 g/mol. The van der Waals surface area contributed by atoms with E-state index < -0.39 is 7.82 Å². The predicted molar refractivity (Wildman–Crippen MR) is 134 cm³/mol. The van der Waals surface area contributed by atoms with E-state index >= 15 is 0 Å². The quantitative estimate of drug-likeness (QED) is 0.459. The molecular formula is C26H32FN3O8P-3. The molecule has 0 radical (unpaired) electrons. The molecule has 2 aliphatic rings. The van der Waals surface area contributed by atoms with Gasteiger partial charge >= 0.3 is 0 Å². The number of halogens is 1. The van der Waals surface area contributed by atoms with Crippen LogP contribution in [0.25, 0.3) is 0 Å². The number of ether oxygens (including phenoxy) is 2. The molecule has 1 fully saturated rings. The number of likely N-dealkylation sites (tertiary alicyclic amines) is 1. The van der Waals surface area contributed by atoms with Crippen LogP contribution in [0.4, 0.5) is 4.39 Å². The van der Waals surface area contributed by atoms with Crippen LogP contribution >= 0.6 is 7.82 Å². The fraction of sp³-hybridized carbons (Fsp3) is 0.462. The van der Waals surface area contributed by atoms with Crippen molar-refractivity contribution >= 4 is 19.6 Å². The highest BCUT2D eigenvalue weighted by Crippen LogP contribution is 2.34. The van der Waals surface area contributed by atoms with Gasteiger partial charge in [-0.15, -0.1) is 0 Å². The van der Waals surface area contributed by atoms with Crippen molar-refractivity contribution in [3.63, 3.8) is 0 Å². The van der Waals surface area contributed by atoms with E-state index in [4.69, 9.17) is 28.7 Å². The highest BCUT2D eigenvalue weighted by molar-refractivity contribution is 7.40. The summed E-state index contributed by atoms with van der Waals surface area (Å²) in [6.07, 6.45) is 2.64. The summed E-state index contributed by atoms with van der Waals surface area (Å²) in [6, 6.07) is 9.50. The third-order valence-electron chi connectivity index (χ3n) is 6.70. The van der Waals surface area contributed by atoms with Gasteiger partial charge in [-0.1, -0.05) is 0 Å². The second-order valence-electron chi connectivity index (χ2n) is 9.34. The van der Waals surface area contributed by atoms with Crippen molar-refractivity contribution in [2.24, 2.45) is 5.92 Å². The number of rotatable bonds is 7. The van der Waals surface area contributed by atoms with Crippen molar-refractivity contribution in [1.82, 2.24) is 15.1 Å². The fourth-order valence-corrected chi connectivity index (χ4v) is 4.82. The van der Waals surface area contributed by atoms with Crippen LogP contribution in [0.2, 0.25) is 0 Å². The first-order valence-corrected chi connectivity index (χ1v) is 14.0. The van der Waals surface area contributed by atoms with Crippen molar-refractivity contribution < 1.29 is 42.7 Å². The number of carbonyl (C=O) groups excluding carboxylic acids is 2. The number of phosphoric acid groups is 1. The molecular weight excluding hydrogens is 532 g/mol. The number of piperidine rings is 1. The van der Waals surface area contributed by atoms with E-state index in [0.717, 1.165) is 37.1 Å². The lowest BCUT2D eigenvalue weighted by molar-refractivity contribution is -0.432. The highest BCUT2D eigenvalue weighted by atomic mass is 31.2. The number of carbonyl (C=O) groups is 2. The summed E-state index contributed by atoms with van der Waals surface area (Å²) in [5.41, 5.74) is 2.74. The van der Waals surface area contributed by atoms with Gasteiger partial charge in [0.05, 0.1) is 20.1 Å². The van der Waals surface area contributed by atoms with Gasteiger partial charge < -0.3 is 43.8 Å². The van der Waals surface area contributed by atoms with Crippen molar-refractivity contribution in [1.29, 1.82) is 0 Å². The molecule has 0 saturated carbocycles. The highest BCUT2D eigenvalue weighted by Gasteiger charge is 2.31. The first-order valence-electron chi connectivity index (χ1n) is 12.5. The third-order valence-corrected chi connectivity index (χ3v) is 6.70. The predicted octanol–water partition coefficient (Wildman–Crippen LogP) is 0.0450. The normalized spacial score (nSPS) is 17.4. The zero-order valence-electron chi connectivity index (χ0n) is 21.9. The van der Waals surface area contributed by atoms with Gasteiger partial charge in [-0.05, 0) is 73.3 Å². The van der Waals surface area contributed by atoms with E-state index in [1.54, 1.807) is 14.2 Å². The van der Waals surface area contributed by atoms with Gasteiger partial charge in [-0.2, -0.15) is 7.82 Å². The number of hydrogen-bond donors (Lipinski definition) is 1. The van der Waals surface area contributed by atoms with Crippen LogP contribution in [0.15, 0.2) is 36.4 Å².